The topological polar surface area (TPSA) is 29.5 Å². The Balaban J connectivity index is 1.24. The molecule has 408 valence electrons. The van der Waals surface area contributed by atoms with Crippen LogP contribution >= 0.6 is 0 Å². The molecule has 12 aromatic rings. The van der Waals surface area contributed by atoms with E-state index in [1.54, 1.807) is 0 Å². The van der Waals surface area contributed by atoms with Gasteiger partial charge in [-0.1, -0.05) is 253 Å². The van der Waals surface area contributed by atoms with Gasteiger partial charge >= 0.3 is 0 Å². The van der Waals surface area contributed by atoms with E-state index >= 15 is 4.39 Å². The van der Waals surface area contributed by atoms with Gasteiger partial charge in [0.25, 0.3) is 0 Å². The van der Waals surface area contributed by atoms with Gasteiger partial charge in [-0.25, -0.2) is 4.39 Å². The lowest BCUT2D eigenvalue weighted by Gasteiger charge is -2.35. The third kappa shape index (κ3) is 8.42. The number of rotatable bonds is 8. The van der Waals surface area contributed by atoms with Gasteiger partial charge in [0, 0.05) is 55.7 Å². The summed E-state index contributed by atoms with van der Waals surface area (Å²) in [5, 5.41) is 3.47. The Morgan fingerprint density at radius 3 is 1.21 bits per heavy atom. The quantitative estimate of drug-likeness (QED) is 0.142. The molecule has 3 nitrogen and oxygen atoms in total. The second-order valence-corrected chi connectivity index (χ2v) is 27.0. The van der Waals surface area contributed by atoms with Gasteiger partial charge in [0.15, 0.2) is 0 Å². The van der Waals surface area contributed by atoms with Crippen molar-refractivity contribution in [2.24, 2.45) is 0 Å². The fourth-order valence-corrected chi connectivity index (χ4v) is 13.2. The first kappa shape index (κ1) is 52.9. The predicted octanol–water partition coefficient (Wildman–Crippen LogP) is 21.8. The van der Waals surface area contributed by atoms with Crippen molar-refractivity contribution in [1.82, 2.24) is 0 Å². The summed E-state index contributed by atoms with van der Waals surface area (Å²) in [6, 6.07) is 76.1. The molecule has 0 aliphatic heterocycles. The molecule has 0 radical (unpaired) electrons. The summed E-state index contributed by atoms with van der Waals surface area (Å²) >= 11 is 0. The Morgan fingerprint density at radius 1 is 0.402 bits per heavy atom. The van der Waals surface area contributed by atoms with E-state index in [1.165, 1.54) is 22.3 Å². The van der Waals surface area contributed by atoms with E-state index in [1.807, 2.05) is 24.3 Å². The number of hydrogen-bond acceptors (Lipinski definition) is 3. The van der Waals surface area contributed by atoms with Crippen LogP contribution in [0.1, 0.15) is 150 Å². The number of furan rings is 2. The normalized spacial score (nSPS) is 13.6. The molecular formula is C78H72FNO2. The molecule has 13 rings (SSSR count). The van der Waals surface area contributed by atoms with Crippen LogP contribution in [-0.2, 0) is 27.1 Å². The molecule has 2 aromatic heterocycles. The average Bonchev–Trinajstić information content (AvgIpc) is 2.99. The van der Waals surface area contributed by atoms with Crippen LogP contribution in [0.3, 0.4) is 0 Å². The Hall–Kier alpha value is -8.47. The summed E-state index contributed by atoms with van der Waals surface area (Å²) in [7, 11) is 0. The zero-order valence-corrected chi connectivity index (χ0v) is 49.4. The summed E-state index contributed by atoms with van der Waals surface area (Å²) in [6.45, 7) is 27.0. The van der Waals surface area contributed by atoms with Crippen molar-refractivity contribution in [2.75, 3.05) is 4.90 Å². The second kappa shape index (κ2) is 19.1. The number of nitrogens with zero attached hydrogens (tertiary/aromatic N) is 1. The lowest BCUT2D eigenvalue weighted by Crippen LogP contribution is -2.29. The lowest BCUT2D eigenvalue weighted by atomic mass is 9.66. The first-order chi connectivity index (χ1) is 39.1. The van der Waals surface area contributed by atoms with Gasteiger partial charge in [-0.05, 0) is 114 Å². The predicted molar refractivity (Wildman–Crippen MR) is 342 cm³/mol. The first-order valence-corrected chi connectivity index (χ1v) is 29.1. The Bertz CT molecular complexity index is 4230. The number of anilines is 3. The van der Waals surface area contributed by atoms with E-state index in [2.05, 4.69) is 276 Å². The molecule has 0 bridgehead atoms. The number of hydrogen-bond donors (Lipinski definition) is 0. The minimum absolute atomic E-state index is 0.0637. The van der Waals surface area contributed by atoms with Crippen molar-refractivity contribution in [3.05, 3.63) is 279 Å². The van der Waals surface area contributed by atoms with Crippen LogP contribution in [0.25, 0.3) is 55.0 Å². The molecule has 0 saturated heterocycles. The van der Waals surface area contributed by atoms with Crippen LogP contribution in [-0.4, -0.2) is 0 Å². The van der Waals surface area contributed by atoms with Crippen LogP contribution in [0.4, 0.5) is 21.5 Å². The molecule has 4 heteroatoms. The zero-order valence-electron chi connectivity index (χ0n) is 49.4. The van der Waals surface area contributed by atoms with Crippen molar-refractivity contribution < 1.29 is 13.2 Å². The number of para-hydroxylation sites is 2. The summed E-state index contributed by atoms with van der Waals surface area (Å²) < 4.78 is 35.7. The molecule has 0 fully saturated rings. The van der Waals surface area contributed by atoms with Gasteiger partial charge < -0.3 is 13.7 Å². The van der Waals surface area contributed by atoms with Crippen molar-refractivity contribution in [1.29, 1.82) is 0 Å². The summed E-state index contributed by atoms with van der Waals surface area (Å²) in [5.41, 5.74) is 16.4. The number of benzene rings is 10. The molecule has 2 heterocycles. The molecule has 82 heavy (non-hydrogen) atoms. The van der Waals surface area contributed by atoms with Crippen LogP contribution in [0.2, 0.25) is 0 Å². The minimum Gasteiger partial charge on any atom is -0.456 e. The minimum atomic E-state index is -1.14. The van der Waals surface area contributed by atoms with Gasteiger partial charge in [-0.2, -0.15) is 0 Å². The fraction of sp³-hybridized carbons (Fsp3) is 0.231. The maximum atomic E-state index is 20.7. The summed E-state index contributed by atoms with van der Waals surface area (Å²) in [6.07, 6.45) is 0. The standard InChI is InChI=1S/C78H72FNO2/c1-74(2,3)50-35-31-48(32-36-50)64(49-33-37-51(38-34-49)75(4,5)6)68-66-59-28-20-22-30-63(59)82-73(66)70-69(71(68)79)67-60(78(70,54-23-15-13-16-24-54)55-25-17-14-18-26-55)47-61(65-58-27-19-21-29-62(58)81-72(65)67)80(56-43-39-52(40-44-56)76(7,8)9)57-45-41-53(42-46-57)77(10,11)12/h13-47,64H,1-12H3. The molecule has 0 spiro atoms. The van der Waals surface area contributed by atoms with E-state index in [0.29, 0.717) is 27.9 Å². The van der Waals surface area contributed by atoms with Crippen molar-refractivity contribution in [3.63, 3.8) is 0 Å². The SMILES string of the molecule is CC(C)(C)c1ccc(C(c2ccc(C(C)(C)C)cc2)c2c(F)c3c(c4oc5ccccc5c24)C(c2ccccc2)(c2ccccc2)c2cc(N(c4ccc(C(C)(C)C)cc4)c4ccc(C(C)(C)C)cc4)c4c(oc5ccccc54)c2-3)cc1. The van der Waals surface area contributed by atoms with Crippen LogP contribution < -0.4 is 4.90 Å². The van der Waals surface area contributed by atoms with Gasteiger partial charge in [-0.15, -0.1) is 0 Å². The Kier molecular flexibility index (Phi) is 12.3. The highest BCUT2D eigenvalue weighted by Crippen LogP contribution is 2.65. The second-order valence-electron chi connectivity index (χ2n) is 27.0. The maximum Gasteiger partial charge on any atom is 0.145 e. The van der Waals surface area contributed by atoms with Crippen molar-refractivity contribution in [3.8, 4) is 11.1 Å². The van der Waals surface area contributed by atoms with Crippen molar-refractivity contribution in [2.45, 2.75) is 116 Å². The highest BCUT2D eigenvalue weighted by Gasteiger charge is 2.53. The van der Waals surface area contributed by atoms with E-state index in [4.69, 9.17) is 8.83 Å². The van der Waals surface area contributed by atoms with E-state index in [0.717, 1.165) is 83.1 Å². The van der Waals surface area contributed by atoms with Gasteiger partial charge in [-0.3, -0.25) is 0 Å². The van der Waals surface area contributed by atoms with Crippen LogP contribution in [0.5, 0.6) is 0 Å². The van der Waals surface area contributed by atoms with E-state index in [9.17, 15) is 0 Å². The Morgan fingerprint density at radius 2 is 0.780 bits per heavy atom. The fourth-order valence-electron chi connectivity index (χ4n) is 13.2. The number of fused-ring (bicyclic) bond motifs is 11. The van der Waals surface area contributed by atoms with Gasteiger partial charge in [0.1, 0.15) is 28.1 Å². The van der Waals surface area contributed by atoms with Crippen molar-refractivity contribution >= 4 is 60.9 Å². The smallest absolute Gasteiger partial charge is 0.145 e. The monoisotopic (exact) mass is 1070 g/mol. The van der Waals surface area contributed by atoms with Crippen LogP contribution in [0, 0.1) is 5.82 Å². The summed E-state index contributed by atoms with van der Waals surface area (Å²) in [4.78, 5) is 2.39. The van der Waals surface area contributed by atoms with E-state index in [-0.39, 0.29) is 27.5 Å². The molecule has 0 saturated carbocycles. The van der Waals surface area contributed by atoms with Crippen LogP contribution in [0.15, 0.2) is 221 Å². The molecule has 10 aromatic carbocycles. The average molecular weight is 1070 g/mol. The molecule has 0 unspecified atom stereocenters. The number of halogens is 1. The van der Waals surface area contributed by atoms with Gasteiger partial charge in [0.05, 0.1) is 16.5 Å². The maximum absolute atomic E-state index is 20.7. The summed E-state index contributed by atoms with van der Waals surface area (Å²) in [5.74, 6) is -0.840. The molecule has 1 aliphatic carbocycles. The first-order valence-electron chi connectivity index (χ1n) is 29.1. The van der Waals surface area contributed by atoms with Gasteiger partial charge in [0.2, 0.25) is 0 Å². The molecule has 1 aliphatic rings. The molecule has 0 atom stereocenters. The molecule has 0 N–H and O–H groups in total. The Labute approximate surface area is 483 Å². The molecule has 0 amide bonds. The third-order valence-electron chi connectivity index (χ3n) is 17.6. The highest BCUT2D eigenvalue weighted by molar-refractivity contribution is 6.21. The van der Waals surface area contributed by atoms with E-state index < -0.39 is 11.3 Å². The molecular weight excluding hydrogens is 1000 g/mol. The highest BCUT2D eigenvalue weighted by atomic mass is 19.1. The largest absolute Gasteiger partial charge is 0.456 e. The zero-order chi connectivity index (χ0) is 57.3. The third-order valence-corrected chi connectivity index (χ3v) is 17.6. The lowest BCUT2D eigenvalue weighted by molar-refractivity contribution is 0.588.